The Morgan fingerprint density at radius 2 is 1.95 bits per heavy atom. The van der Waals surface area contributed by atoms with Gasteiger partial charge in [0.25, 0.3) is 0 Å². The van der Waals surface area contributed by atoms with Gasteiger partial charge in [0.05, 0.1) is 0 Å². The highest BCUT2D eigenvalue weighted by molar-refractivity contribution is 7.89. The van der Waals surface area contributed by atoms with Crippen LogP contribution >= 0.6 is 11.6 Å². The van der Waals surface area contributed by atoms with Crippen LogP contribution in [0.1, 0.15) is 20.3 Å². The molecule has 0 aromatic heterocycles. The summed E-state index contributed by atoms with van der Waals surface area (Å²) < 4.78 is 52.3. The Balaban J connectivity index is 2.87. The van der Waals surface area contributed by atoms with Crippen LogP contribution in [0.4, 0.5) is 8.78 Å². The van der Waals surface area contributed by atoms with Crippen molar-refractivity contribution < 1.29 is 17.2 Å². The predicted molar refractivity (Wildman–Crippen MR) is 70.7 cm³/mol. The molecular formula is C12H16ClF2NO2S. The number of halogens is 3. The molecule has 1 N–H and O–H groups in total. The van der Waals surface area contributed by atoms with Gasteiger partial charge in [-0.05, 0) is 24.0 Å². The third-order valence-corrected chi connectivity index (χ3v) is 4.32. The van der Waals surface area contributed by atoms with Gasteiger partial charge in [0, 0.05) is 18.5 Å². The molecule has 1 aromatic rings. The number of alkyl halides is 1. The first-order valence-corrected chi connectivity index (χ1v) is 7.70. The van der Waals surface area contributed by atoms with Crippen molar-refractivity contribution in [2.24, 2.45) is 5.41 Å². The van der Waals surface area contributed by atoms with Gasteiger partial charge in [-0.25, -0.2) is 21.9 Å². The summed E-state index contributed by atoms with van der Waals surface area (Å²) in [7, 11) is -3.99. The molecule has 0 spiro atoms. The molecule has 0 heterocycles. The van der Waals surface area contributed by atoms with Gasteiger partial charge in [-0.2, -0.15) is 0 Å². The normalized spacial score (nSPS) is 12.7. The molecular weight excluding hydrogens is 296 g/mol. The van der Waals surface area contributed by atoms with Crippen LogP contribution in [0, 0.1) is 17.0 Å². The van der Waals surface area contributed by atoms with E-state index >= 15 is 0 Å². The van der Waals surface area contributed by atoms with Crippen molar-refractivity contribution in [3.63, 3.8) is 0 Å². The standard InChI is InChI=1S/C12H16ClF2NO2S/c1-12(2,5-6-13)8-16-19(17,18)11-4-3-9(14)7-10(11)15/h3-4,7,16H,5-6,8H2,1-2H3. The van der Waals surface area contributed by atoms with Gasteiger partial charge in [-0.3, -0.25) is 0 Å². The minimum absolute atomic E-state index is 0.124. The van der Waals surface area contributed by atoms with Gasteiger partial charge in [-0.15, -0.1) is 11.6 Å². The molecule has 0 atom stereocenters. The quantitative estimate of drug-likeness (QED) is 0.821. The predicted octanol–water partition coefficient (Wildman–Crippen LogP) is 2.90. The third kappa shape index (κ3) is 4.71. The topological polar surface area (TPSA) is 46.2 Å². The molecule has 0 bridgehead atoms. The molecule has 3 nitrogen and oxygen atoms in total. The fourth-order valence-corrected chi connectivity index (χ4v) is 3.22. The molecule has 1 rings (SSSR count). The molecule has 0 fully saturated rings. The first kappa shape index (κ1) is 16.3. The summed E-state index contributed by atoms with van der Waals surface area (Å²) >= 11 is 5.62. The lowest BCUT2D eigenvalue weighted by Gasteiger charge is -2.23. The van der Waals surface area contributed by atoms with Crippen LogP contribution < -0.4 is 4.72 Å². The van der Waals surface area contributed by atoms with E-state index in [4.69, 9.17) is 11.6 Å². The van der Waals surface area contributed by atoms with Gasteiger partial charge in [0.15, 0.2) is 0 Å². The number of hydrogen-bond acceptors (Lipinski definition) is 2. The van der Waals surface area contributed by atoms with Crippen LogP contribution in [0.5, 0.6) is 0 Å². The molecule has 0 unspecified atom stereocenters. The zero-order valence-electron chi connectivity index (χ0n) is 10.7. The molecule has 0 aliphatic carbocycles. The van der Waals surface area contributed by atoms with E-state index in [-0.39, 0.29) is 12.0 Å². The van der Waals surface area contributed by atoms with Crippen molar-refractivity contribution in [1.29, 1.82) is 0 Å². The highest BCUT2D eigenvalue weighted by atomic mass is 35.5. The summed E-state index contributed by atoms with van der Waals surface area (Å²) in [4.78, 5) is -0.560. The number of hydrogen-bond donors (Lipinski definition) is 1. The first-order chi connectivity index (χ1) is 8.68. The molecule has 0 aliphatic heterocycles. The lowest BCUT2D eigenvalue weighted by atomic mass is 9.91. The maximum Gasteiger partial charge on any atom is 0.243 e. The highest BCUT2D eigenvalue weighted by Crippen LogP contribution is 2.21. The van der Waals surface area contributed by atoms with Crippen molar-refractivity contribution in [3.05, 3.63) is 29.8 Å². The van der Waals surface area contributed by atoms with Crippen molar-refractivity contribution in [2.45, 2.75) is 25.2 Å². The summed E-state index contributed by atoms with van der Waals surface area (Å²) in [5, 5.41) is 0. The number of benzene rings is 1. The molecule has 108 valence electrons. The Morgan fingerprint density at radius 1 is 1.32 bits per heavy atom. The minimum Gasteiger partial charge on any atom is -0.211 e. The fourth-order valence-electron chi connectivity index (χ4n) is 1.41. The smallest absolute Gasteiger partial charge is 0.211 e. The molecule has 0 amide bonds. The van der Waals surface area contributed by atoms with Gasteiger partial charge in [0.1, 0.15) is 16.5 Å². The van der Waals surface area contributed by atoms with Crippen molar-refractivity contribution >= 4 is 21.6 Å². The second kappa shape index (κ2) is 6.15. The summed E-state index contributed by atoms with van der Waals surface area (Å²) in [5.74, 6) is -1.53. The third-order valence-electron chi connectivity index (χ3n) is 2.70. The SMILES string of the molecule is CC(C)(CCCl)CNS(=O)(=O)c1ccc(F)cc1F. The Bertz CT molecular complexity index is 547. The summed E-state index contributed by atoms with van der Waals surface area (Å²) in [6, 6.07) is 2.35. The number of rotatable bonds is 6. The van der Waals surface area contributed by atoms with Crippen molar-refractivity contribution in [3.8, 4) is 0 Å². The van der Waals surface area contributed by atoms with Crippen molar-refractivity contribution in [1.82, 2.24) is 4.72 Å². The summed E-state index contributed by atoms with van der Waals surface area (Å²) in [5.41, 5.74) is -0.342. The number of sulfonamides is 1. The van der Waals surface area contributed by atoms with Gasteiger partial charge in [-0.1, -0.05) is 13.8 Å². The molecule has 0 radical (unpaired) electrons. The van der Waals surface area contributed by atoms with Crippen LogP contribution in [-0.2, 0) is 10.0 Å². The first-order valence-electron chi connectivity index (χ1n) is 5.69. The highest BCUT2D eigenvalue weighted by Gasteiger charge is 2.24. The van der Waals surface area contributed by atoms with E-state index in [0.717, 1.165) is 12.1 Å². The van der Waals surface area contributed by atoms with Crippen LogP contribution in [0.15, 0.2) is 23.1 Å². The number of nitrogens with one attached hydrogen (secondary N) is 1. The molecule has 0 saturated carbocycles. The summed E-state index contributed by atoms with van der Waals surface area (Å²) in [6.07, 6.45) is 0.614. The lowest BCUT2D eigenvalue weighted by Crippen LogP contribution is -2.34. The van der Waals surface area contributed by atoms with E-state index in [2.05, 4.69) is 4.72 Å². The Kier molecular flexibility index (Phi) is 5.29. The molecule has 7 heteroatoms. The van der Waals surface area contributed by atoms with Crippen molar-refractivity contribution in [2.75, 3.05) is 12.4 Å². The zero-order chi connectivity index (χ0) is 14.7. The average molecular weight is 312 g/mol. The van der Waals surface area contributed by atoms with Crippen LogP contribution in [0.3, 0.4) is 0 Å². The minimum atomic E-state index is -3.99. The molecule has 1 aromatic carbocycles. The Labute approximate surface area is 117 Å². The van der Waals surface area contributed by atoms with Crippen LogP contribution in [-0.4, -0.2) is 20.8 Å². The molecule has 19 heavy (non-hydrogen) atoms. The summed E-state index contributed by atoms with van der Waals surface area (Å²) in [6.45, 7) is 3.82. The van der Waals surface area contributed by atoms with E-state index in [0.29, 0.717) is 18.4 Å². The second-order valence-electron chi connectivity index (χ2n) is 5.00. The zero-order valence-corrected chi connectivity index (χ0v) is 12.3. The van der Waals surface area contributed by atoms with E-state index in [1.54, 1.807) is 0 Å². The largest absolute Gasteiger partial charge is 0.243 e. The lowest BCUT2D eigenvalue weighted by molar-refractivity contribution is 0.352. The van der Waals surface area contributed by atoms with Gasteiger partial charge >= 0.3 is 0 Å². The molecule has 0 saturated heterocycles. The van der Waals surface area contributed by atoms with E-state index < -0.39 is 26.6 Å². The van der Waals surface area contributed by atoms with E-state index in [9.17, 15) is 17.2 Å². The van der Waals surface area contributed by atoms with E-state index in [1.807, 2.05) is 13.8 Å². The van der Waals surface area contributed by atoms with Crippen LogP contribution in [0.25, 0.3) is 0 Å². The fraction of sp³-hybridized carbons (Fsp3) is 0.500. The van der Waals surface area contributed by atoms with Crippen LogP contribution in [0.2, 0.25) is 0 Å². The monoisotopic (exact) mass is 311 g/mol. The average Bonchev–Trinajstić information content (AvgIpc) is 2.26. The maximum atomic E-state index is 13.4. The van der Waals surface area contributed by atoms with Gasteiger partial charge < -0.3 is 0 Å². The van der Waals surface area contributed by atoms with E-state index in [1.165, 1.54) is 0 Å². The second-order valence-corrected chi connectivity index (χ2v) is 7.12. The maximum absolute atomic E-state index is 13.4. The molecule has 0 aliphatic rings. The Morgan fingerprint density at radius 3 is 2.47 bits per heavy atom. The van der Waals surface area contributed by atoms with Gasteiger partial charge in [0.2, 0.25) is 10.0 Å². The Hall–Kier alpha value is -0.720.